The molecule has 0 aliphatic carbocycles. The summed E-state index contributed by atoms with van der Waals surface area (Å²) in [5.41, 5.74) is 7.15. The van der Waals surface area contributed by atoms with Crippen LogP contribution in [0.1, 0.15) is 22.3 Å². The lowest BCUT2D eigenvalue weighted by atomic mass is 10.1. The Morgan fingerprint density at radius 1 is 1.08 bits per heavy atom. The first-order valence-electron chi connectivity index (χ1n) is 7.81. The molecule has 6 heteroatoms. The summed E-state index contributed by atoms with van der Waals surface area (Å²) in [6, 6.07) is 14.1. The number of hydrogen-bond donors (Lipinski definition) is 2. The summed E-state index contributed by atoms with van der Waals surface area (Å²) in [7, 11) is 0. The van der Waals surface area contributed by atoms with Gasteiger partial charge in [0.15, 0.2) is 5.75 Å². The molecule has 2 amide bonds. The number of nitrogens with zero attached hydrogens (tertiary/aromatic N) is 1. The minimum atomic E-state index is -0.924. The summed E-state index contributed by atoms with van der Waals surface area (Å²) in [6.45, 7) is 3.19. The van der Waals surface area contributed by atoms with Gasteiger partial charge < -0.3 is 15.8 Å². The summed E-state index contributed by atoms with van der Waals surface area (Å²) in [4.78, 5) is 25.6. The van der Waals surface area contributed by atoms with Crippen molar-refractivity contribution in [3.05, 3.63) is 59.7 Å². The minimum Gasteiger partial charge on any atom is -0.408 e. The van der Waals surface area contributed by atoms with E-state index in [1.54, 1.807) is 36.4 Å². The number of benzene rings is 2. The van der Waals surface area contributed by atoms with Gasteiger partial charge in [-0.25, -0.2) is 4.79 Å². The topological polar surface area (TPSA) is 84.7 Å². The van der Waals surface area contributed by atoms with Gasteiger partial charge in [0.25, 0.3) is 5.91 Å². The number of rotatable bonds is 5. The molecular formula is C18H19N3O3. The molecule has 0 radical (unpaired) electrons. The summed E-state index contributed by atoms with van der Waals surface area (Å²) in [6.07, 6.45) is 0.333. The van der Waals surface area contributed by atoms with E-state index in [4.69, 9.17) is 10.5 Å². The molecule has 1 saturated heterocycles. The van der Waals surface area contributed by atoms with Crippen molar-refractivity contribution in [1.82, 2.24) is 4.90 Å². The van der Waals surface area contributed by atoms with Gasteiger partial charge >= 0.3 is 6.09 Å². The number of likely N-dealkylation sites (tertiary alicyclic amines) is 1. The maximum atomic E-state index is 12.4. The molecule has 1 aliphatic rings. The highest BCUT2D eigenvalue weighted by Gasteiger charge is 2.14. The number of carbonyl (C=O) groups is 2. The van der Waals surface area contributed by atoms with Crippen molar-refractivity contribution >= 4 is 17.7 Å². The molecule has 0 aromatic heterocycles. The number of ether oxygens (including phenoxy) is 1. The fraction of sp³-hybridized carbons (Fsp3) is 0.222. The molecule has 24 heavy (non-hydrogen) atoms. The third-order valence-corrected chi connectivity index (χ3v) is 3.92. The molecule has 2 aromatic carbocycles. The van der Waals surface area contributed by atoms with Crippen LogP contribution in [0.25, 0.3) is 0 Å². The third-order valence-electron chi connectivity index (χ3n) is 3.92. The second-order valence-electron chi connectivity index (χ2n) is 5.70. The smallest absolute Gasteiger partial charge is 0.408 e. The van der Waals surface area contributed by atoms with Crippen LogP contribution < -0.4 is 15.8 Å². The van der Waals surface area contributed by atoms with Crippen molar-refractivity contribution in [3.8, 4) is 5.75 Å². The molecule has 1 aliphatic heterocycles. The predicted octanol–water partition coefficient (Wildman–Crippen LogP) is 2.60. The van der Waals surface area contributed by atoms with Crippen molar-refractivity contribution < 1.29 is 14.3 Å². The first kappa shape index (κ1) is 16.0. The summed E-state index contributed by atoms with van der Waals surface area (Å²) >= 11 is 0. The van der Waals surface area contributed by atoms with Crippen molar-refractivity contribution in [1.29, 1.82) is 0 Å². The number of anilines is 1. The Bertz CT molecular complexity index is 739. The summed E-state index contributed by atoms with van der Waals surface area (Å²) < 4.78 is 4.88. The Kier molecular flexibility index (Phi) is 4.77. The lowest BCUT2D eigenvalue weighted by Gasteiger charge is -2.30. The zero-order chi connectivity index (χ0) is 16.9. The van der Waals surface area contributed by atoms with Crippen LogP contribution in [0, 0.1) is 0 Å². The molecule has 6 nitrogen and oxygen atoms in total. The number of hydrogen-bond acceptors (Lipinski definition) is 4. The fourth-order valence-electron chi connectivity index (χ4n) is 2.52. The van der Waals surface area contributed by atoms with E-state index in [-0.39, 0.29) is 11.7 Å². The first-order chi connectivity index (χ1) is 11.6. The van der Waals surface area contributed by atoms with Crippen LogP contribution in [0.15, 0.2) is 48.5 Å². The van der Waals surface area contributed by atoms with E-state index in [0.717, 1.165) is 19.6 Å². The van der Waals surface area contributed by atoms with Crippen molar-refractivity contribution in [2.75, 3.05) is 18.4 Å². The van der Waals surface area contributed by atoms with E-state index in [9.17, 15) is 9.59 Å². The zero-order valence-electron chi connectivity index (χ0n) is 13.2. The number of nitrogens with two attached hydrogens (primary N) is 1. The van der Waals surface area contributed by atoms with Crippen molar-refractivity contribution in [2.45, 2.75) is 13.0 Å². The van der Waals surface area contributed by atoms with Crippen LogP contribution in [0.3, 0.4) is 0 Å². The predicted molar refractivity (Wildman–Crippen MR) is 90.9 cm³/mol. The van der Waals surface area contributed by atoms with Gasteiger partial charge in [-0.3, -0.25) is 9.69 Å². The van der Waals surface area contributed by atoms with Gasteiger partial charge in [0.05, 0.1) is 5.69 Å². The molecule has 3 N–H and O–H groups in total. The van der Waals surface area contributed by atoms with Crippen LogP contribution in [0.2, 0.25) is 0 Å². The van der Waals surface area contributed by atoms with Gasteiger partial charge in [-0.2, -0.15) is 0 Å². The number of carbonyl (C=O) groups excluding carboxylic acids is 2. The van der Waals surface area contributed by atoms with Gasteiger partial charge in [0, 0.05) is 12.1 Å². The standard InChI is InChI=1S/C18H19N3O3/c19-18(23)24-16-5-2-1-4-15(16)20-17(22)14-8-6-13(7-9-14)12-21-10-3-11-21/h1-2,4-9H,3,10-12H2,(H2,19,23)(H,20,22). The Labute approximate surface area is 140 Å². The highest BCUT2D eigenvalue weighted by Crippen LogP contribution is 2.24. The van der Waals surface area contributed by atoms with Gasteiger partial charge in [0.1, 0.15) is 0 Å². The van der Waals surface area contributed by atoms with Crippen LogP contribution in [0.5, 0.6) is 5.75 Å². The maximum Gasteiger partial charge on any atom is 0.410 e. The van der Waals surface area contributed by atoms with Gasteiger partial charge in [0.2, 0.25) is 0 Å². The van der Waals surface area contributed by atoms with E-state index in [1.165, 1.54) is 12.0 Å². The molecule has 0 saturated carbocycles. The normalized spacial score (nSPS) is 13.8. The molecule has 1 heterocycles. The molecule has 0 spiro atoms. The van der Waals surface area contributed by atoms with Crippen LogP contribution >= 0.6 is 0 Å². The Balaban J connectivity index is 1.67. The monoisotopic (exact) mass is 325 g/mol. The molecular weight excluding hydrogens is 306 g/mol. The Hall–Kier alpha value is -2.86. The molecule has 0 unspecified atom stereocenters. The highest BCUT2D eigenvalue weighted by molar-refractivity contribution is 6.05. The average Bonchev–Trinajstić information content (AvgIpc) is 2.53. The van der Waals surface area contributed by atoms with E-state index in [0.29, 0.717) is 11.3 Å². The third kappa shape index (κ3) is 3.91. The largest absolute Gasteiger partial charge is 0.410 e. The fourth-order valence-corrected chi connectivity index (χ4v) is 2.52. The molecule has 2 aromatic rings. The van der Waals surface area contributed by atoms with Gasteiger partial charge in [-0.05, 0) is 49.3 Å². The van der Waals surface area contributed by atoms with Crippen molar-refractivity contribution in [2.24, 2.45) is 5.73 Å². The Morgan fingerprint density at radius 2 is 1.79 bits per heavy atom. The lowest BCUT2D eigenvalue weighted by Crippen LogP contribution is -2.36. The molecule has 0 atom stereocenters. The highest BCUT2D eigenvalue weighted by atomic mass is 16.5. The van der Waals surface area contributed by atoms with Gasteiger partial charge in [-0.1, -0.05) is 24.3 Å². The van der Waals surface area contributed by atoms with Gasteiger partial charge in [-0.15, -0.1) is 0 Å². The average molecular weight is 325 g/mol. The van der Waals surface area contributed by atoms with E-state index >= 15 is 0 Å². The molecule has 0 bridgehead atoms. The number of para-hydroxylation sites is 2. The summed E-state index contributed by atoms with van der Waals surface area (Å²) in [5.74, 6) is -0.0567. The van der Waals surface area contributed by atoms with E-state index < -0.39 is 6.09 Å². The van der Waals surface area contributed by atoms with Crippen LogP contribution in [-0.4, -0.2) is 30.0 Å². The van der Waals surface area contributed by atoms with E-state index in [1.807, 2.05) is 12.1 Å². The van der Waals surface area contributed by atoms with E-state index in [2.05, 4.69) is 10.2 Å². The second-order valence-corrected chi connectivity index (χ2v) is 5.70. The Morgan fingerprint density at radius 3 is 2.42 bits per heavy atom. The lowest BCUT2D eigenvalue weighted by molar-refractivity contribution is 0.102. The number of amides is 2. The zero-order valence-corrected chi connectivity index (χ0v) is 13.2. The minimum absolute atomic E-state index is 0.216. The first-order valence-corrected chi connectivity index (χ1v) is 7.81. The SMILES string of the molecule is NC(=O)Oc1ccccc1NC(=O)c1ccc(CN2CCC2)cc1. The molecule has 1 fully saturated rings. The maximum absolute atomic E-state index is 12.4. The quantitative estimate of drug-likeness (QED) is 0.885. The van der Waals surface area contributed by atoms with Crippen molar-refractivity contribution in [3.63, 3.8) is 0 Å². The second kappa shape index (κ2) is 7.14. The van der Waals surface area contributed by atoms with Crippen LogP contribution in [-0.2, 0) is 6.54 Å². The summed E-state index contributed by atoms with van der Waals surface area (Å²) in [5, 5.41) is 2.73. The molecule has 124 valence electrons. The van der Waals surface area contributed by atoms with Crippen LogP contribution in [0.4, 0.5) is 10.5 Å². The number of nitrogens with one attached hydrogen (secondary N) is 1. The number of primary amides is 1. The molecule has 3 rings (SSSR count).